The van der Waals surface area contributed by atoms with Crippen molar-refractivity contribution >= 4 is 12.0 Å². The molecule has 5 rings (SSSR count). The molecule has 1 aromatic heterocycles. The van der Waals surface area contributed by atoms with E-state index < -0.39 is 5.97 Å². The van der Waals surface area contributed by atoms with Crippen LogP contribution in [-0.2, 0) is 11.3 Å². The number of aromatic nitrogens is 2. The number of carbonyl (C=O) groups is 2. The van der Waals surface area contributed by atoms with Gasteiger partial charge in [-0.05, 0) is 53.5 Å². The number of carboxylic acids is 1. The van der Waals surface area contributed by atoms with Crippen LogP contribution in [0, 0.1) is 11.8 Å². The first-order valence-corrected chi connectivity index (χ1v) is 10.9. The number of fused-ring (bicyclic) bond motifs is 1. The maximum absolute atomic E-state index is 12.7. The third kappa shape index (κ3) is 4.16. The molecule has 7 heteroatoms. The Kier molecular flexibility index (Phi) is 5.49. The molecule has 2 unspecified atom stereocenters. The first-order valence-electron chi connectivity index (χ1n) is 10.9. The minimum absolute atomic E-state index is 0.123. The van der Waals surface area contributed by atoms with E-state index in [2.05, 4.69) is 41.5 Å². The van der Waals surface area contributed by atoms with Gasteiger partial charge in [0.25, 0.3) is 0 Å². The molecule has 1 N–H and O–H groups in total. The van der Waals surface area contributed by atoms with E-state index in [0.29, 0.717) is 31.5 Å². The Morgan fingerprint density at radius 3 is 2.38 bits per heavy atom. The zero-order chi connectivity index (χ0) is 22.1. The van der Waals surface area contributed by atoms with E-state index in [-0.39, 0.29) is 17.8 Å². The number of carbonyl (C=O) groups excluding carboxylic acids is 1. The summed E-state index contributed by atoms with van der Waals surface area (Å²) in [5.74, 6) is -0.313. The molecule has 1 amide bonds. The fraction of sp³-hybridized carbons (Fsp3) is 0.320. The minimum Gasteiger partial charge on any atom is -0.476 e. The number of nitrogens with zero attached hydrogens (tertiary/aromatic N) is 3. The van der Waals surface area contributed by atoms with Crippen molar-refractivity contribution in [2.75, 3.05) is 13.1 Å². The van der Waals surface area contributed by atoms with Crippen molar-refractivity contribution in [3.05, 3.63) is 78.1 Å². The quantitative estimate of drug-likeness (QED) is 0.656. The van der Waals surface area contributed by atoms with Crippen LogP contribution >= 0.6 is 0 Å². The fourth-order valence-corrected chi connectivity index (χ4v) is 4.91. The van der Waals surface area contributed by atoms with Gasteiger partial charge in [-0.3, -0.25) is 0 Å². The number of amides is 1. The number of hydrogen-bond donors (Lipinski definition) is 1. The van der Waals surface area contributed by atoms with Gasteiger partial charge < -0.3 is 14.7 Å². The summed E-state index contributed by atoms with van der Waals surface area (Å²) in [6.45, 7) is 1.91. The molecule has 2 heterocycles. The molecule has 2 aromatic carbocycles. The van der Waals surface area contributed by atoms with Crippen LogP contribution in [0.4, 0.5) is 4.79 Å². The van der Waals surface area contributed by atoms with Gasteiger partial charge in [0.1, 0.15) is 0 Å². The fourth-order valence-electron chi connectivity index (χ4n) is 4.91. The third-order valence-corrected chi connectivity index (χ3v) is 6.50. The van der Waals surface area contributed by atoms with Crippen molar-refractivity contribution in [3.63, 3.8) is 0 Å². The molecular formula is C25H25N3O4. The Labute approximate surface area is 186 Å². The lowest BCUT2D eigenvalue weighted by molar-refractivity contribution is 0.0383. The van der Waals surface area contributed by atoms with Crippen LogP contribution in [0.25, 0.3) is 11.1 Å². The van der Waals surface area contributed by atoms with Gasteiger partial charge >= 0.3 is 12.0 Å². The minimum atomic E-state index is -1.14. The van der Waals surface area contributed by atoms with E-state index >= 15 is 0 Å². The monoisotopic (exact) mass is 431 g/mol. The number of likely N-dealkylation sites (tertiary alicyclic amines) is 1. The van der Waals surface area contributed by atoms with Crippen LogP contribution in [0.3, 0.4) is 0 Å². The first-order chi connectivity index (χ1) is 15.6. The van der Waals surface area contributed by atoms with Gasteiger partial charge in [-0.25, -0.2) is 9.59 Å². The second-order valence-corrected chi connectivity index (χ2v) is 8.63. The largest absolute Gasteiger partial charge is 0.476 e. The molecule has 2 fully saturated rings. The number of aromatic carboxylic acids is 1. The topological polar surface area (TPSA) is 84.7 Å². The highest BCUT2D eigenvalue weighted by Crippen LogP contribution is 2.40. The molecule has 0 spiro atoms. The maximum atomic E-state index is 12.7. The van der Waals surface area contributed by atoms with Crippen molar-refractivity contribution in [2.45, 2.75) is 25.6 Å². The molecular weight excluding hydrogens is 406 g/mol. The van der Waals surface area contributed by atoms with Crippen LogP contribution in [0.1, 0.15) is 28.9 Å². The summed E-state index contributed by atoms with van der Waals surface area (Å²) in [7, 11) is 0. The van der Waals surface area contributed by atoms with Crippen LogP contribution in [0.2, 0.25) is 0 Å². The van der Waals surface area contributed by atoms with Crippen LogP contribution < -0.4 is 0 Å². The molecule has 1 aliphatic heterocycles. The molecule has 2 aliphatic rings. The normalized spacial score (nSPS) is 22.1. The molecule has 32 heavy (non-hydrogen) atoms. The van der Waals surface area contributed by atoms with Crippen molar-refractivity contribution in [1.29, 1.82) is 0 Å². The van der Waals surface area contributed by atoms with Gasteiger partial charge in [-0.15, -0.1) is 0 Å². The first kappa shape index (κ1) is 20.5. The molecule has 1 aliphatic carbocycles. The predicted octanol–water partition coefficient (Wildman–Crippen LogP) is 4.14. The highest BCUT2D eigenvalue weighted by Gasteiger charge is 2.43. The SMILES string of the molecule is O=C(O)c1ccn(C(=O)N2CC3CC(OCc4cccc(-c5ccccc5)c4)CC3C2)n1. The number of hydrogen-bond acceptors (Lipinski definition) is 4. The summed E-state index contributed by atoms with van der Waals surface area (Å²) >= 11 is 0. The zero-order valence-corrected chi connectivity index (χ0v) is 17.6. The van der Waals surface area contributed by atoms with Crippen LogP contribution in [-0.4, -0.2) is 51.0 Å². The summed E-state index contributed by atoms with van der Waals surface area (Å²) in [4.78, 5) is 25.4. The molecule has 1 saturated carbocycles. The standard InChI is InChI=1S/C25H25N3O4/c29-24(30)23-9-10-28(26-23)25(31)27-14-20-12-22(13-21(20)15-27)32-16-17-5-4-8-19(11-17)18-6-2-1-3-7-18/h1-11,20-22H,12-16H2,(H,29,30). The molecule has 7 nitrogen and oxygen atoms in total. The molecule has 3 aromatic rings. The highest BCUT2D eigenvalue weighted by atomic mass is 16.5. The average Bonchev–Trinajstić information content (AvgIpc) is 3.53. The van der Waals surface area contributed by atoms with Crippen molar-refractivity contribution in [1.82, 2.24) is 14.7 Å². The van der Waals surface area contributed by atoms with E-state index in [1.165, 1.54) is 23.4 Å². The van der Waals surface area contributed by atoms with E-state index in [4.69, 9.17) is 9.84 Å². The average molecular weight is 431 g/mol. The molecule has 1 saturated heterocycles. The van der Waals surface area contributed by atoms with Crippen LogP contribution in [0.15, 0.2) is 66.9 Å². The van der Waals surface area contributed by atoms with Crippen molar-refractivity contribution in [2.24, 2.45) is 11.8 Å². The number of ether oxygens (including phenoxy) is 1. The molecule has 0 radical (unpaired) electrons. The summed E-state index contributed by atoms with van der Waals surface area (Å²) in [5.41, 5.74) is 3.42. The summed E-state index contributed by atoms with van der Waals surface area (Å²) < 4.78 is 7.36. The lowest BCUT2D eigenvalue weighted by atomic mass is 10.0. The summed E-state index contributed by atoms with van der Waals surface area (Å²) in [6, 6.07) is 19.9. The van der Waals surface area contributed by atoms with Gasteiger partial charge in [0.15, 0.2) is 5.69 Å². The van der Waals surface area contributed by atoms with Gasteiger partial charge in [-0.1, -0.05) is 48.5 Å². The number of carboxylic acid groups (broad SMARTS) is 1. The molecule has 0 bridgehead atoms. The smallest absolute Gasteiger partial charge is 0.356 e. The van der Waals surface area contributed by atoms with Gasteiger partial charge in [0.05, 0.1) is 12.7 Å². The lowest BCUT2D eigenvalue weighted by Gasteiger charge is -2.19. The Morgan fingerprint density at radius 2 is 1.69 bits per heavy atom. The van der Waals surface area contributed by atoms with Gasteiger partial charge in [-0.2, -0.15) is 9.78 Å². The van der Waals surface area contributed by atoms with Gasteiger partial charge in [0.2, 0.25) is 0 Å². The zero-order valence-electron chi connectivity index (χ0n) is 17.6. The second kappa shape index (κ2) is 8.59. The van der Waals surface area contributed by atoms with E-state index in [0.717, 1.165) is 23.1 Å². The Morgan fingerprint density at radius 1 is 0.969 bits per heavy atom. The number of benzene rings is 2. The third-order valence-electron chi connectivity index (χ3n) is 6.50. The second-order valence-electron chi connectivity index (χ2n) is 8.63. The Bertz CT molecular complexity index is 1110. The predicted molar refractivity (Wildman–Crippen MR) is 118 cm³/mol. The molecule has 2 atom stereocenters. The Hall–Kier alpha value is -3.45. The highest BCUT2D eigenvalue weighted by molar-refractivity contribution is 5.86. The van der Waals surface area contributed by atoms with Gasteiger partial charge in [0, 0.05) is 19.3 Å². The summed E-state index contributed by atoms with van der Waals surface area (Å²) in [6.07, 6.45) is 3.49. The van der Waals surface area contributed by atoms with E-state index in [1.807, 2.05) is 18.2 Å². The van der Waals surface area contributed by atoms with Crippen LogP contribution in [0.5, 0.6) is 0 Å². The van der Waals surface area contributed by atoms with E-state index in [9.17, 15) is 9.59 Å². The van der Waals surface area contributed by atoms with Crippen molar-refractivity contribution < 1.29 is 19.4 Å². The molecule has 164 valence electrons. The maximum Gasteiger partial charge on any atom is 0.356 e. The van der Waals surface area contributed by atoms with E-state index in [1.54, 1.807) is 4.90 Å². The summed E-state index contributed by atoms with van der Waals surface area (Å²) in [5, 5.41) is 12.9. The van der Waals surface area contributed by atoms with Crippen molar-refractivity contribution in [3.8, 4) is 11.1 Å². The Balaban J connectivity index is 1.14. The lowest BCUT2D eigenvalue weighted by Crippen LogP contribution is -2.34. The number of rotatable bonds is 5.